The van der Waals surface area contributed by atoms with E-state index in [1.165, 1.54) is 23.5 Å². The van der Waals surface area contributed by atoms with E-state index in [1.54, 1.807) is 30.9 Å². The van der Waals surface area contributed by atoms with Gasteiger partial charge in [0.05, 0.1) is 18.6 Å². The zero-order valence-electron chi connectivity index (χ0n) is 14.4. The largest absolute Gasteiger partial charge is 0.497 e. The van der Waals surface area contributed by atoms with Gasteiger partial charge in [-0.25, -0.2) is 8.42 Å². The molecule has 1 N–H and O–H groups in total. The van der Waals surface area contributed by atoms with Crippen molar-refractivity contribution in [1.82, 2.24) is 14.5 Å². The number of carbonyl (C=O) groups excluding carboxylic acids is 1. The SMILES string of the molecule is COc1ccc(S(=O)(=O)N(CC(=O)N2CCNCC2)C(C)C)cc1. The molecule has 0 radical (unpaired) electrons. The first-order valence-corrected chi connectivity index (χ1v) is 9.44. The highest BCUT2D eigenvalue weighted by molar-refractivity contribution is 7.89. The van der Waals surface area contributed by atoms with Crippen molar-refractivity contribution in [1.29, 1.82) is 0 Å². The molecule has 1 aromatic rings. The number of sulfonamides is 1. The van der Waals surface area contributed by atoms with Gasteiger partial charge < -0.3 is 15.0 Å². The number of rotatable bonds is 6. The number of nitrogens with one attached hydrogen (secondary N) is 1. The summed E-state index contributed by atoms with van der Waals surface area (Å²) in [5.74, 6) is 0.421. The van der Waals surface area contributed by atoms with Gasteiger partial charge in [0, 0.05) is 32.2 Å². The normalized spacial score (nSPS) is 15.8. The molecule has 1 amide bonds. The van der Waals surface area contributed by atoms with Crippen LogP contribution in [0.2, 0.25) is 0 Å². The minimum atomic E-state index is -3.74. The van der Waals surface area contributed by atoms with Gasteiger partial charge in [-0.05, 0) is 38.1 Å². The van der Waals surface area contributed by atoms with Crippen LogP contribution in [-0.2, 0) is 14.8 Å². The van der Waals surface area contributed by atoms with Crippen molar-refractivity contribution in [2.45, 2.75) is 24.8 Å². The average Bonchev–Trinajstić information content (AvgIpc) is 2.59. The Bertz CT molecular complexity index is 652. The second-order valence-corrected chi connectivity index (χ2v) is 7.84. The second-order valence-electron chi connectivity index (χ2n) is 5.95. The highest BCUT2D eigenvalue weighted by atomic mass is 32.2. The number of ether oxygens (including phenoxy) is 1. The van der Waals surface area contributed by atoms with Crippen LogP contribution in [0.3, 0.4) is 0 Å². The van der Waals surface area contributed by atoms with E-state index in [1.807, 2.05) is 0 Å². The average molecular weight is 355 g/mol. The first-order valence-electron chi connectivity index (χ1n) is 8.00. The lowest BCUT2D eigenvalue weighted by atomic mass is 10.3. The lowest BCUT2D eigenvalue weighted by Gasteiger charge is -2.31. The summed E-state index contributed by atoms with van der Waals surface area (Å²) in [4.78, 5) is 14.3. The summed E-state index contributed by atoms with van der Waals surface area (Å²) in [6.45, 7) is 6.07. The summed E-state index contributed by atoms with van der Waals surface area (Å²) >= 11 is 0. The number of benzene rings is 1. The van der Waals surface area contributed by atoms with E-state index in [0.29, 0.717) is 18.8 Å². The molecule has 134 valence electrons. The van der Waals surface area contributed by atoms with E-state index in [0.717, 1.165) is 13.1 Å². The van der Waals surface area contributed by atoms with Crippen molar-refractivity contribution in [3.8, 4) is 5.75 Å². The van der Waals surface area contributed by atoms with Crippen LogP contribution >= 0.6 is 0 Å². The van der Waals surface area contributed by atoms with Crippen molar-refractivity contribution in [3.63, 3.8) is 0 Å². The Morgan fingerprint density at radius 1 is 1.25 bits per heavy atom. The third-order valence-corrected chi connectivity index (χ3v) is 6.04. The van der Waals surface area contributed by atoms with Crippen LogP contribution in [0.4, 0.5) is 0 Å². The fourth-order valence-electron chi connectivity index (χ4n) is 2.58. The van der Waals surface area contributed by atoms with Gasteiger partial charge in [-0.3, -0.25) is 4.79 Å². The molecule has 1 saturated heterocycles. The molecule has 0 atom stereocenters. The smallest absolute Gasteiger partial charge is 0.243 e. The number of carbonyl (C=O) groups is 1. The minimum Gasteiger partial charge on any atom is -0.497 e. The van der Waals surface area contributed by atoms with Gasteiger partial charge in [-0.2, -0.15) is 4.31 Å². The van der Waals surface area contributed by atoms with Gasteiger partial charge in [-0.1, -0.05) is 0 Å². The maximum atomic E-state index is 12.9. The van der Waals surface area contributed by atoms with E-state index >= 15 is 0 Å². The Morgan fingerprint density at radius 3 is 2.33 bits per heavy atom. The van der Waals surface area contributed by atoms with Crippen LogP contribution < -0.4 is 10.1 Å². The van der Waals surface area contributed by atoms with Crippen LogP contribution in [0.15, 0.2) is 29.2 Å². The molecule has 0 aliphatic carbocycles. The van der Waals surface area contributed by atoms with Gasteiger partial charge in [0.2, 0.25) is 15.9 Å². The number of hydrogen-bond acceptors (Lipinski definition) is 5. The monoisotopic (exact) mass is 355 g/mol. The Morgan fingerprint density at radius 2 is 1.83 bits per heavy atom. The van der Waals surface area contributed by atoms with Gasteiger partial charge in [-0.15, -0.1) is 0 Å². The lowest BCUT2D eigenvalue weighted by Crippen LogP contribution is -2.51. The van der Waals surface area contributed by atoms with Crippen molar-refractivity contribution in [2.24, 2.45) is 0 Å². The topological polar surface area (TPSA) is 79.0 Å². The third-order valence-electron chi connectivity index (χ3n) is 4.00. The molecular formula is C16H25N3O4S. The van der Waals surface area contributed by atoms with Crippen LogP contribution in [0.25, 0.3) is 0 Å². The number of methoxy groups -OCH3 is 1. The van der Waals surface area contributed by atoms with E-state index in [-0.39, 0.29) is 23.4 Å². The molecule has 0 bridgehead atoms. The van der Waals surface area contributed by atoms with Gasteiger partial charge in [0.1, 0.15) is 5.75 Å². The second kappa shape index (κ2) is 7.96. The summed E-state index contributed by atoms with van der Waals surface area (Å²) in [6, 6.07) is 5.88. The Labute approximate surface area is 143 Å². The molecule has 1 aliphatic heterocycles. The summed E-state index contributed by atoms with van der Waals surface area (Å²) in [6.07, 6.45) is 0. The molecule has 8 heteroatoms. The molecule has 24 heavy (non-hydrogen) atoms. The Hall–Kier alpha value is -1.64. The summed E-state index contributed by atoms with van der Waals surface area (Å²) in [7, 11) is -2.22. The predicted octanol–water partition coefficient (Wildman–Crippen LogP) is 0.526. The number of amides is 1. The minimum absolute atomic E-state index is 0.147. The van der Waals surface area contributed by atoms with Crippen LogP contribution in [0.5, 0.6) is 5.75 Å². The molecule has 0 unspecified atom stereocenters. The molecule has 7 nitrogen and oxygen atoms in total. The Kier molecular flexibility index (Phi) is 6.20. The quantitative estimate of drug-likeness (QED) is 0.805. The van der Waals surface area contributed by atoms with Crippen molar-refractivity contribution < 1.29 is 17.9 Å². The highest BCUT2D eigenvalue weighted by Gasteiger charge is 2.30. The highest BCUT2D eigenvalue weighted by Crippen LogP contribution is 2.21. The van der Waals surface area contributed by atoms with Crippen molar-refractivity contribution in [2.75, 3.05) is 39.8 Å². The summed E-state index contributed by atoms with van der Waals surface area (Å²) in [5.41, 5.74) is 0. The number of hydrogen-bond donors (Lipinski definition) is 1. The zero-order chi connectivity index (χ0) is 17.7. The zero-order valence-corrected chi connectivity index (χ0v) is 15.2. The summed E-state index contributed by atoms with van der Waals surface area (Å²) < 4.78 is 32.1. The van der Waals surface area contributed by atoms with E-state index < -0.39 is 10.0 Å². The maximum absolute atomic E-state index is 12.9. The van der Waals surface area contributed by atoms with Crippen LogP contribution in [0.1, 0.15) is 13.8 Å². The van der Waals surface area contributed by atoms with Crippen LogP contribution in [0, 0.1) is 0 Å². The molecule has 0 spiro atoms. The van der Waals surface area contributed by atoms with E-state index in [9.17, 15) is 13.2 Å². The number of piperazine rings is 1. The predicted molar refractivity (Wildman–Crippen MR) is 91.5 cm³/mol. The molecule has 2 rings (SSSR count). The third kappa shape index (κ3) is 4.25. The first kappa shape index (κ1) is 18.7. The maximum Gasteiger partial charge on any atom is 0.243 e. The molecule has 1 heterocycles. The Balaban J connectivity index is 2.19. The standard InChI is InChI=1S/C16H25N3O4S/c1-13(2)19(12-16(20)18-10-8-17-9-11-18)24(21,22)15-6-4-14(23-3)5-7-15/h4-7,13,17H,8-12H2,1-3H3. The molecule has 1 fully saturated rings. The van der Waals surface area contributed by atoms with Gasteiger partial charge in [0.15, 0.2) is 0 Å². The molecule has 0 saturated carbocycles. The molecule has 1 aromatic carbocycles. The molecule has 0 aromatic heterocycles. The fraction of sp³-hybridized carbons (Fsp3) is 0.562. The van der Waals surface area contributed by atoms with Crippen molar-refractivity contribution in [3.05, 3.63) is 24.3 Å². The van der Waals surface area contributed by atoms with E-state index in [4.69, 9.17) is 4.74 Å². The summed E-state index contributed by atoms with van der Waals surface area (Å²) in [5, 5.41) is 3.17. The van der Waals surface area contributed by atoms with Crippen molar-refractivity contribution >= 4 is 15.9 Å². The van der Waals surface area contributed by atoms with Gasteiger partial charge in [0.25, 0.3) is 0 Å². The lowest BCUT2D eigenvalue weighted by molar-refractivity contribution is -0.132. The number of nitrogens with zero attached hydrogens (tertiary/aromatic N) is 2. The fourth-order valence-corrected chi connectivity index (χ4v) is 4.16. The molecule has 1 aliphatic rings. The first-order chi connectivity index (χ1) is 11.4. The van der Waals surface area contributed by atoms with E-state index in [2.05, 4.69) is 5.32 Å². The molecular weight excluding hydrogens is 330 g/mol. The van der Waals surface area contributed by atoms with Gasteiger partial charge >= 0.3 is 0 Å². The van der Waals surface area contributed by atoms with Crippen LogP contribution in [-0.4, -0.2) is 69.4 Å².